The van der Waals surface area contributed by atoms with E-state index in [2.05, 4.69) is 25.5 Å². The van der Waals surface area contributed by atoms with Gasteiger partial charge in [-0.25, -0.2) is 0 Å². The molecule has 0 spiro atoms. The quantitative estimate of drug-likeness (QED) is 0.624. The maximum absolute atomic E-state index is 12.6. The molecule has 1 aliphatic heterocycles. The molecule has 0 aliphatic carbocycles. The lowest BCUT2D eigenvalue weighted by Crippen LogP contribution is -2.49. The van der Waals surface area contributed by atoms with Crippen molar-refractivity contribution in [2.75, 3.05) is 31.1 Å². The third-order valence-electron chi connectivity index (χ3n) is 5.29. The summed E-state index contributed by atoms with van der Waals surface area (Å²) in [4.78, 5) is 16.6. The first-order valence-corrected chi connectivity index (χ1v) is 9.60. The number of para-hydroxylation sites is 1. The van der Waals surface area contributed by atoms with Crippen molar-refractivity contribution < 1.29 is 4.79 Å². The highest BCUT2D eigenvalue weighted by atomic mass is 16.2. The zero-order chi connectivity index (χ0) is 20.4. The number of piperazine rings is 1. The number of rotatable bonds is 4. The highest BCUT2D eigenvalue weighted by Gasteiger charge is 2.24. The maximum Gasteiger partial charge on any atom is 0.250 e. The second-order valence-corrected chi connectivity index (χ2v) is 7.08. The summed E-state index contributed by atoms with van der Waals surface area (Å²) < 4.78 is 3.56. The predicted octanol–water partition coefficient (Wildman–Crippen LogP) is 1.37. The van der Waals surface area contributed by atoms with Crippen LogP contribution in [0.3, 0.4) is 0 Å². The molecule has 1 saturated heterocycles. The van der Waals surface area contributed by atoms with E-state index in [1.807, 2.05) is 66.9 Å². The number of anilines is 1. The minimum atomic E-state index is 0.00922. The smallest absolute Gasteiger partial charge is 0.250 e. The Balaban J connectivity index is 1.41. The van der Waals surface area contributed by atoms with Crippen LogP contribution < -0.4 is 4.90 Å². The number of aromatic nitrogens is 6. The van der Waals surface area contributed by atoms with Crippen LogP contribution in [0, 0.1) is 13.8 Å². The Morgan fingerprint density at radius 2 is 1.79 bits per heavy atom. The van der Waals surface area contributed by atoms with Gasteiger partial charge in [0.1, 0.15) is 0 Å². The average Bonchev–Trinajstić information content (AvgIpc) is 3.32. The van der Waals surface area contributed by atoms with Crippen molar-refractivity contribution >= 4 is 17.9 Å². The van der Waals surface area contributed by atoms with Gasteiger partial charge in [0, 0.05) is 50.6 Å². The third-order valence-corrected chi connectivity index (χ3v) is 5.29. The van der Waals surface area contributed by atoms with Crippen LogP contribution in [0.2, 0.25) is 0 Å². The molecule has 2 aromatic heterocycles. The number of carbonyl (C=O) groups is 1. The molecule has 0 saturated carbocycles. The first-order valence-electron chi connectivity index (χ1n) is 9.60. The summed E-state index contributed by atoms with van der Waals surface area (Å²) in [6, 6.07) is 9.80. The van der Waals surface area contributed by atoms with Crippen LogP contribution in [-0.2, 0) is 11.8 Å². The fourth-order valence-corrected chi connectivity index (χ4v) is 3.53. The van der Waals surface area contributed by atoms with Crippen LogP contribution in [0.5, 0.6) is 0 Å². The second kappa shape index (κ2) is 7.86. The van der Waals surface area contributed by atoms with E-state index in [0.717, 1.165) is 22.6 Å². The van der Waals surface area contributed by atoms with Crippen molar-refractivity contribution in [3.63, 3.8) is 0 Å². The fourth-order valence-electron chi connectivity index (χ4n) is 3.53. The van der Waals surface area contributed by atoms with E-state index in [0.29, 0.717) is 32.1 Å². The molecular formula is C20H24N8O. The van der Waals surface area contributed by atoms with Crippen LogP contribution in [0.1, 0.15) is 17.0 Å². The fraction of sp³-hybridized carbons (Fsp3) is 0.350. The van der Waals surface area contributed by atoms with Crippen LogP contribution >= 0.6 is 0 Å². The lowest BCUT2D eigenvalue weighted by atomic mass is 10.2. The van der Waals surface area contributed by atoms with E-state index in [1.165, 1.54) is 0 Å². The summed E-state index contributed by atoms with van der Waals surface area (Å²) in [5.74, 6) is 0.704. The van der Waals surface area contributed by atoms with Crippen LogP contribution in [0.25, 0.3) is 11.8 Å². The number of aryl methyl sites for hydroxylation is 2. The van der Waals surface area contributed by atoms with Crippen molar-refractivity contribution in [1.29, 1.82) is 0 Å². The number of hydrogen-bond donors (Lipinski definition) is 0. The Labute approximate surface area is 169 Å². The molecule has 1 aromatic carbocycles. The van der Waals surface area contributed by atoms with E-state index in [4.69, 9.17) is 0 Å². The molecule has 0 bridgehead atoms. The van der Waals surface area contributed by atoms with E-state index >= 15 is 0 Å². The van der Waals surface area contributed by atoms with E-state index in [1.54, 1.807) is 10.8 Å². The Kier molecular flexibility index (Phi) is 5.11. The second-order valence-electron chi connectivity index (χ2n) is 7.08. The van der Waals surface area contributed by atoms with Crippen LogP contribution in [-0.4, -0.2) is 67.0 Å². The van der Waals surface area contributed by atoms with Gasteiger partial charge >= 0.3 is 0 Å². The van der Waals surface area contributed by atoms with Gasteiger partial charge in [0.05, 0.1) is 11.4 Å². The van der Waals surface area contributed by atoms with Gasteiger partial charge in [0.2, 0.25) is 11.9 Å². The average molecular weight is 392 g/mol. The zero-order valence-electron chi connectivity index (χ0n) is 16.9. The standard InChI is InChI=1S/C20H24N8O/c1-15-18(16(2)25(3)22-15)9-10-19(29)26-11-13-27(14-12-26)20-21-23-24-28(20)17-7-5-4-6-8-17/h4-10H,11-14H2,1-3H3/b10-9+. The number of nitrogens with zero attached hydrogens (tertiary/aromatic N) is 8. The van der Waals surface area contributed by atoms with Gasteiger partial charge in [-0.15, -0.1) is 0 Å². The van der Waals surface area contributed by atoms with Gasteiger partial charge < -0.3 is 9.80 Å². The van der Waals surface area contributed by atoms with Gasteiger partial charge in [-0.3, -0.25) is 9.48 Å². The Hall–Kier alpha value is -3.49. The van der Waals surface area contributed by atoms with E-state index < -0.39 is 0 Å². The monoisotopic (exact) mass is 392 g/mol. The first-order chi connectivity index (χ1) is 14.0. The highest BCUT2D eigenvalue weighted by Crippen LogP contribution is 2.18. The highest BCUT2D eigenvalue weighted by molar-refractivity contribution is 5.92. The van der Waals surface area contributed by atoms with E-state index in [9.17, 15) is 4.79 Å². The number of hydrogen-bond acceptors (Lipinski definition) is 6. The van der Waals surface area contributed by atoms with Crippen LogP contribution in [0.15, 0.2) is 36.4 Å². The topological polar surface area (TPSA) is 85.0 Å². The molecule has 4 rings (SSSR count). The number of benzene rings is 1. The minimum absolute atomic E-state index is 0.00922. The van der Waals surface area contributed by atoms with Gasteiger partial charge in [0.25, 0.3) is 0 Å². The molecule has 3 heterocycles. The van der Waals surface area contributed by atoms with E-state index in [-0.39, 0.29) is 5.91 Å². The Bertz CT molecular complexity index is 1030. The molecular weight excluding hydrogens is 368 g/mol. The first kappa shape index (κ1) is 18.9. The molecule has 29 heavy (non-hydrogen) atoms. The SMILES string of the molecule is Cc1nn(C)c(C)c1/C=C/C(=O)N1CCN(c2nnnn2-c2ccccc2)CC1. The van der Waals surface area contributed by atoms with Crippen molar-refractivity contribution in [3.8, 4) is 5.69 Å². The van der Waals surface area contributed by atoms with Gasteiger partial charge in [0.15, 0.2) is 0 Å². The molecule has 9 nitrogen and oxygen atoms in total. The molecule has 0 unspecified atom stereocenters. The molecule has 0 radical (unpaired) electrons. The molecule has 1 fully saturated rings. The Morgan fingerprint density at radius 1 is 1.07 bits per heavy atom. The molecule has 9 heteroatoms. The number of tetrazole rings is 1. The van der Waals surface area contributed by atoms with Crippen molar-refractivity contribution in [3.05, 3.63) is 53.4 Å². The van der Waals surface area contributed by atoms with Gasteiger partial charge in [-0.1, -0.05) is 23.3 Å². The molecule has 3 aromatic rings. The molecule has 1 amide bonds. The zero-order valence-corrected chi connectivity index (χ0v) is 16.9. The van der Waals surface area contributed by atoms with Gasteiger partial charge in [-0.05, 0) is 42.5 Å². The summed E-state index contributed by atoms with van der Waals surface area (Å²) in [6.45, 7) is 6.55. The van der Waals surface area contributed by atoms with Crippen molar-refractivity contribution in [2.45, 2.75) is 13.8 Å². The molecule has 150 valence electrons. The summed E-state index contributed by atoms with van der Waals surface area (Å²) in [6.07, 6.45) is 3.50. The molecule has 0 atom stereocenters. The van der Waals surface area contributed by atoms with Crippen molar-refractivity contribution in [1.82, 2.24) is 34.9 Å². The normalized spacial score (nSPS) is 14.7. The maximum atomic E-state index is 12.6. The summed E-state index contributed by atoms with van der Waals surface area (Å²) >= 11 is 0. The van der Waals surface area contributed by atoms with Gasteiger partial charge in [-0.2, -0.15) is 9.78 Å². The number of carbonyl (C=O) groups excluding carboxylic acids is 1. The lowest BCUT2D eigenvalue weighted by molar-refractivity contribution is -0.126. The summed E-state index contributed by atoms with van der Waals surface area (Å²) in [5, 5.41) is 16.5. The summed E-state index contributed by atoms with van der Waals surface area (Å²) in [7, 11) is 1.91. The predicted molar refractivity (Wildman–Crippen MR) is 110 cm³/mol. The number of amides is 1. The molecule has 1 aliphatic rings. The Morgan fingerprint density at radius 3 is 2.45 bits per heavy atom. The lowest BCUT2D eigenvalue weighted by Gasteiger charge is -2.34. The third kappa shape index (κ3) is 3.75. The molecule has 0 N–H and O–H groups in total. The summed E-state index contributed by atoms with van der Waals surface area (Å²) in [5.41, 5.74) is 3.88. The van der Waals surface area contributed by atoms with Crippen molar-refractivity contribution in [2.24, 2.45) is 7.05 Å². The minimum Gasteiger partial charge on any atom is -0.336 e. The van der Waals surface area contributed by atoms with Crippen LogP contribution in [0.4, 0.5) is 5.95 Å². The largest absolute Gasteiger partial charge is 0.336 e.